The Morgan fingerprint density at radius 1 is 1.24 bits per heavy atom. The van der Waals surface area contributed by atoms with Gasteiger partial charge in [0.1, 0.15) is 6.54 Å². The molecule has 0 radical (unpaired) electrons. The van der Waals surface area contributed by atoms with Gasteiger partial charge in [0.05, 0.1) is 18.8 Å². The van der Waals surface area contributed by atoms with E-state index in [9.17, 15) is 5.11 Å². The van der Waals surface area contributed by atoms with Gasteiger partial charge in [0.25, 0.3) is 0 Å². The first kappa shape index (κ1) is 17.5. The molecule has 4 heteroatoms. The number of nitrogens with two attached hydrogens (primary N) is 1. The molecule has 0 aromatic heterocycles. The summed E-state index contributed by atoms with van der Waals surface area (Å²) in [7, 11) is 0. The summed E-state index contributed by atoms with van der Waals surface area (Å²) in [5, 5.41) is 21.1. The van der Waals surface area contributed by atoms with Crippen molar-refractivity contribution >= 4 is 24.7 Å². The first-order valence-corrected chi connectivity index (χ1v) is 9.09. The summed E-state index contributed by atoms with van der Waals surface area (Å²) in [5.41, 5.74) is 0. The maximum atomic E-state index is 9.84. The highest BCUT2D eigenvalue weighted by molar-refractivity contribution is 14.2. The molecule has 0 heterocycles. The van der Waals surface area contributed by atoms with Gasteiger partial charge in [-0.05, 0) is 16.9 Å². The summed E-state index contributed by atoms with van der Waals surface area (Å²) in [5.74, 6) is 0.392. The number of hydrogen-bond donors (Lipinski definition) is 3. The predicted molar refractivity (Wildman–Crippen MR) is 83.0 cm³/mol. The molecule has 0 aliphatic rings. The molecule has 4 N–H and O–H groups in total. The Balaban J connectivity index is 3.70. The minimum absolute atomic E-state index is 0.00896. The Morgan fingerprint density at radius 2 is 1.88 bits per heavy atom. The van der Waals surface area contributed by atoms with Crippen LogP contribution in [0.1, 0.15) is 40.5 Å². The summed E-state index contributed by atoms with van der Waals surface area (Å²) in [6.45, 7) is 10.2. The van der Waals surface area contributed by atoms with Gasteiger partial charge in [-0.1, -0.05) is 27.2 Å². The van der Waals surface area contributed by atoms with Crippen LogP contribution in [0, 0.1) is 5.92 Å². The van der Waals surface area contributed by atoms with Crippen molar-refractivity contribution < 1.29 is 15.5 Å². The van der Waals surface area contributed by atoms with Gasteiger partial charge in [-0.15, -0.1) is 20.7 Å². The second-order valence-corrected chi connectivity index (χ2v) is 8.42. The van der Waals surface area contributed by atoms with E-state index in [1.807, 2.05) is 6.92 Å². The van der Waals surface area contributed by atoms with Crippen molar-refractivity contribution in [1.82, 2.24) is 0 Å². The van der Waals surface area contributed by atoms with Gasteiger partial charge in [-0.3, -0.25) is 0 Å². The van der Waals surface area contributed by atoms with E-state index >= 15 is 0 Å². The zero-order chi connectivity index (χ0) is 13.3. The standard InChI is InChI=1S/C13H28INO2/c1-5-10(2)13(17)8-14-11(3)6-7-15-9-12(4)16/h8,10-13,15-17H,5-7,9H2,1-4H3/p+1. The molecular weight excluding hydrogens is 329 g/mol. The molecule has 0 aliphatic heterocycles. The van der Waals surface area contributed by atoms with Gasteiger partial charge >= 0.3 is 0 Å². The fraction of sp³-hybridized carbons (Fsp3) is 0.923. The van der Waals surface area contributed by atoms with Crippen LogP contribution in [-0.2, 0) is 0 Å². The summed E-state index contributed by atoms with van der Waals surface area (Å²) in [6.07, 6.45) is 1.80. The van der Waals surface area contributed by atoms with Gasteiger partial charge in [0.15, 0.2) is 0 Å². The molecule has 0 aromatic carbocycles. The third-order valence-electron chi connectivity index (χ3n) is 2.92. The first-order valence-electron chi connectivity index (χ1n) is 6.60. The van der Waals surface area contributed by atoms with E-state index in [1.54, 1.807) is 0 Å². The molecule has 0 amide bonds. The van der Waals surface area contributed by atoms with Crippen LogP contribution in [0.5, 0.6) is 0 Å². The third kappa shape index (κ3) is 10.1. The SMILES string of the molecule is CCC(C)C(O)C=IC(C)CC[NH2+]CC(C)O. The zero-order valence-electron chi connectivity index (χ0n) is 11.6. The average Bonchev–Trinajstić information content (AvgIpc) is 2.30. The number of alkyl halides is 1. The summed E-state index contributed by atoms with van der Waals surface area (Å²) >= 11 is -0.00896. The van der Waals surface area contributed by atoms with E-state index < -0.39 is 0 Å². The van der Waals surface area contributed by atoms with E-state index in [-0.39, 0.29) is 32.9 Å². The van der Waals surface area contributed by atoms with E-state index in [2.05, 4.69) is 30.1 Å². The highest BCUT2D eigenvalue weighted by Crippen LogP contribution is 2.14. The summed E-state index contributed by atoms with van der Waals surface area (Å²) in [4.78, 5) is 0. The largest absolute Gasteiger partial charge is 0.388 e. The normalized spacial score (nSPS) is 19.6. The van der Waals surface area contributed by atoms with Gasteiger partial charge in [-0.2, -0.15) is 0 Å². The quantitative estimate of drug-likeness (QED) is 0.326. The minimum Gasteiger partial charge on any atom is -0.388 e. The predicted octanol–water partition coefficient (Wildman–Crippen LogP) is 0.889. The van der Waals surface area contributed by atoms with Gasteiger partial charge in [-0.25, -0.2) is 0 Å². The Morgan fingerprint density at radius 3 is 2.41 bits per heavy atom. The van der Waals surface area contributed by atoms with Crippen LogP contribution in [0.15, 0.2) is 0 Å². The molecular formula is C13H29INO2+. The molecule has 0 rings (SSSR count). The third-order valence-corrected chi connectivity index (χ3v) is 5.92. The number of aliphatic hydroxyl groups excluding tert-OH is 2. The van der Waals surface area contributed by atoms with E-state index in [0.717, 1.165) is 23.4 Å². The van der Waals surface area contributed by atoms with E-state index in [4.69, 9.17) is 5.11 Å². The smallest absolute Gasteiger partial charge is 0.102 e. The molecule has 0 aromatic rings. The summed E-state index contributed by atoms with van der Waals surface area (Å²) < 4.78 is 2.88. The number of rotatable bonds is 9. The van der Waals surface area contributed by atoms with Crippen molar-refractivity contribution in [2.75, 3.05) is 13.1 Å². The van der Waals surface area contributed by atoms with Crippen LogP contribution in [-0.4, -0.2) is 43.4 Å². The maximum Gasteiger partial charge on any atom is 0.102 e. The zero-order valence-corrected chi connectivity index (χ0v) is 13.7. The molecule has 3 nitrogen and oxygen atoms in total. The Labute approximate surface area is 116 Å². The van der Waals surface area contributed by atoms with Gasteiger partial charge < -0.3 is 15.5 Å². The lowest BCUT2D eigenvalue weighted by Gasteiger charge is -2.13. The topological polar surface area (TPSA) is 57.1 Å². The summed E-state index contributed by atoms with van der Waals surface area (Å²) in [6, 6.07) is 0. The number of quaternary nitrogens is 1. The highest BCUT2D eigenvalue weighted by Gasteiger charge is 2.09. The Hall–Kier alpha value is 0.480. The molecule has 0 saturated heterocycles. The maximum absolute atomic E-state index is 9.84. The lowest BCUT2D eigenvalue weighted by Crippen LogP contribution is -2.86. The van der Waals surface area contributed by atoms with Crippen LogP contribution in [0.4, 0.5) is 0 Å². The molecule has 0 saturated carbocycles. The van der Waals surface area contributed by atoms with Crippen molar-refractivity contribution in [3.05, 3.63) is 0 Å². The van der Waals surface area contributed by atoms with Crippen LogP contribution in [0.2, 0.25) is 0 Å². The Kier molecular flexibility index (Phi) is 10.7. The lowest BCUT2D eigenvalue weighted by atomic mass is 10.0. The molecule has 0 fully saturated rings. The van der Waals surface area contributed by atoms with Gasteiger partial charge in [0, 0.05) is 10.3 Å². The van der Waals surface area contributed by atoms with Crippen molar-refractivity contribution in [3.8, 4) is 0 Å². The molecule has 17 heavy (non-hydrogen) atoms. The van der Waals surface area contributed by atoms with Gasteiger partial charge in [0.2, 0.25) is 0 Å². The molecule has 0 aliphatic carbocycles. The van der Waals surface area contributed by atoms with Crippen LogP contribution < -0.4 is 5.32 Å². The Bertz CT molecular complexity index is 210. The second kappa shape index (κ2) is 10.4. The van der Waals surface area contributed by atoms with Crippen molar-refractivity contribution in [2.45, 2.75) is 56.7 Å². The molecule has 4 atom stereocenters. The second-order valence-electron chi connectivity index (χ2n) is 4.86. The average molecular weight is 358 g/mol. The highest BCUT2D eigenvalue weighted by atomic mass is 127. The molecule has 0 bridgehead atoms. The fourth-order valence-corrected chi connectivity index (χ4v) is 3.90. The number of hydrogen-bond acceptors (Lipinski definition) is 2. The van der Waals surface area contributed by atoms with E-state index in [1.165, 1.54) is 6.42 Å². The first-order chi connectivity index (χ1) is 7.97. The minimum atomic E-state index is -0.211. The lowest BCUT2D eigenvalue weighted by molar-refractivity contribution is -0.660. The van der Waals surface area contributed by atoms with Crippen molar-refractivity contribution in [1.29, 1.82) is 0 Å². The van der Waals surface area contributed by atoms with Crippen molar-refractivity contribution in [2.24, 2.45) is 5.92 Å². The van der Waals surface area contributed by atoms with E-state index in [0.29, 0.717) is 5.92 Å². The number of halogens is 1. The molecule has 4 unspecified atom stereocenters. The van der Waals surface area contributed by atoms with Crippen molar-refractivity contribution in [3.63, 3.8) is 0 Å². The molecule has 0 spiro atoms. The molecule has 104 valence electrons. The fourth-order valence-electron chi connectivity index (χ4n) is 1.33. The van der Waals surface area contributed by atoms with Crippen LogP contribution in [0.25, 0.3) is 0 Å². The van der Waals surface area contributed by atoms with Crippen LogP contribution in [0.3, 0.4) is 0 Å². The number of aliphatic hydroxyl groups is 2. The van der Waals surface area contributed by atoms with Crippen LogP contribution >= 0.6 is 20.7 Å². The monoisotopic (exact) mass is 358 g/mol.